The van der Waals surface area contributed by atoms with Crippen LogP contribution in [0.1, 0.15) is 15.9 Å². The number of carbonyl (C=O) groups excluding carboxylic acids is 1. The average Bonchev–Trinajstić information content (AvgIpc) is 2.63. The van der Waals surface area contributed by atoms with Crippen LogP contribution in [0.2, 0.25) is 0 Å². The first-order chi connectivity index (χ1) is 12.5. The molecule has 0 radical (unpaired) electrons. The number of hydrogen-bond acceptors (Lipinski definition) is 4. The summed E-state index contributed by atoms with van der Waals surface area (Å²) < 4.78 is 1.68. The van der Waals surface area contributed by atoms with Crippen LogP contribution in [0.3, 0.4) is 0 Å². The Morgan fingerprint density at radius 2 is 1.73 bits per heavy atom. The van der Waals surface area contributed by atoms with Crippen molar-refractivity contribution in [3.8, 4) is 5.75 Å². The third-order valence-corrected chi connectivity index (χ3v) is 3.96. The summed E-state index contributed by atoms with van der Waals surface area (Å²) >= 11 is 0. The number of fused-ring (bicyclic) bond motifs is 1. The molecule has 1 aromatic heterocycles. The molecule has 0 aliphatic carbocycles. The van der Waals surface area contributed by atoms with E-state index >= 15 is 0 Å². The van der Waals surface area contributed by atoms with Crippen LogP contribution in [0.5, 0.6) is 5.75 Å². The highest BCUT2D eigenvalue weighted by molar-refractivity contribution is 5.98. The van der Waals surface area contributed by atoms with Crippen LogP contribution < -0.4 is 10.7 Å². The van der Waals surface area contributed by atoms with Gasteiger partial charge in [0, 0.05) is 17.1 Å². The molecule has 1 heterocycles. The first-order valence-electron chi connectivity index (χ1n) is 7.86. The van der Waals surface area contributed by atoms with Crippen molar-refractivity contribution in [2.75, 3.05) is 6.54 Å². The van der Waals surface area contributed by atoms with Crippen molar-refractivity contribution in [2.45, 2.75) is 6.54 Å². The molecule has 0 spiro atoms. The zero-order chi connectivity index (χ0) is 18.7. The van der Waals surface area contributed by atoms with Crippen molar-refractivity contribution >= 4 is 22.8 Å². The van der Waals surface area contributed by atoms with Crippen LogP contribution >= 0.6 is 0 Å². The van der Waals surface area contributed by atoms with E-state index < -0.39 is 23.9 Å². The lowest BCUT2D eigenvalue weighted by Gasteiger charge is -2.14. The number of carboxylic acid groups (broad SMARTS) is 1. The van der Waals surface area contributed by atoms with Gasteiger partial charge in [-0.3, -0.25) is 14.4 Å². The second-order valence-electron chi connectivity index (χ2n) is 5.72. The van der Waals surface area contributed by atoms with Crippen LogP contribution in [0.25, 0.3) is 10.9 Å². The van der Waals surface area contributed by atoms with Gasteiger partial charge in [-0.25, -0.2) is 0 Å². The summed E-state index contributed by atoms with van der Waals surface area (Å²) in [7, 11) is 0. The Morgan fingerprint density at radius 1 is 1.04 bits per heavy atom. The summed E-state index contributed by atoms with van der Waals surface area (Å²) in [6.07, 6.45) is 1.38. The lowest BCUT2D eigenvalue weighted by Crippen LogP contribution is -2.33. The summed E-state index contributed by atoms with van der Waals surface area (Å²) in [5.41, 5.74) is 0.603. The molecule has 1 amide bonds. The zero-order valence-corrected chi connectivity index (χ0v) is 13.7. The number of para-hydroxylation sites is 2. The minimum Gasteiger partial charge on any atom is -0.508 e. The fourth-order valence-corrected chi connectivity index (χ4v) is 2.72. The van der Waals surface area contributed by atoms with Gasteiger partial charge in [0.2, 0.25) is 5.43 Å². The van der Waals surface area contributed by atoms with Crippen molar-refractivity contribution in [3.05, 3.63) is 76.1 Å². The van der Waals surface area contributed by atoms with E-state index in [-0.39, 0.29) is 17.9 Å². The standard InChI is InChI=1S/C19H16N2O5/c22-16-8-4-1-5-12(16)10-21-11-14(19(26)20-9-17(23)24)18(25)13-6-2-3-7-15(13)21/h1-8,11,22H,9-10H2,(H,20,26)(H,23,24). The second kappa shape index (κ2) is 7.10. The Kier molecular flexibility index (Phi) is 4.70. The Labute approximate surface area is 148 Å². The molecular formula is C19H16N2O5. The topological polar surface area (TPSA) is 109 Å². The van der Waals surface area contributed by atoms with Gasteiger partial charge in [-0.2, -0.15) is 0 Å². The maximum Gasteiger partial charge on any atom is 0.322 e. The smallest absolute Gasteiger partial charge is 0.322 e. The number of phenolic OH excluding ortho intramolecular Hbond substituents is 1. The van der Waals surface area contributed by atoms with Crippen LogP contribution in [-0.2, 0) is 11.3 Å². The third kappa shape index (κ3) is 3.41. The average molecular weight is 352 g/mol. The van der Waals surface area contributed by atoms with E-state index in [0.717, 1.165) is 0 Å². The Morgan fingerprint density at radius 3 is 2.46 bits per heavy atom. The molecule has 0 saturated heterocycles. The number of pyridine rings is 1. The Bertz CT molecular complexity index is 1060. The van der Waals surface area contributed by atoms with E-state index in [4.69, 9.17) is 5.11 Å². The Balaban J connectivity index is 2.11. The molecule has 2 aromatic carbocycles. The highest BCUT2D eigenvalue weighted by atomic mass is 16.4. The Hall–Kier alpha value is -3.61. The van der Waals surface area contributed by atoms with Gasteiger partial charge in [-0.05, 0) is 18.2 Å². The number of nitrogens with one attached hydrogen (secondary N) is 1. The summed E-state index contributed by atoms with van der Waals surface area (Å²) in [6, 6.07) is 13.6. The molecule has 26 heavy (non-hydrogen) atoms. The third-order valence-electron chi connectivity index (χ3n) is 3.96. The lowest BCUT2D eigenvalue weighted by molar-refractivity contribution is -0.135. The van der Waals surface area contributed by atoms with Gasteiger partial charge in [-0.15, -0.1) is 0 Å². The van der Waals surface area contributed by atoms with Crippen molar-refractivity contribution in [3.63, 3.8) is 0 Å². The highest BCUT2D eigenvalue weighted by Gasteiger charge is 2.16. The van der Waals surface area contributed by atoms with E-state index in [2.05, 4.69) is 5.32 Å². The maximum absolute atomic E-state index is 12.6. The maximum atomic E-state index is 12.6. The minimum absolute atomic E-state index is 0.104. The summed E-state index contributed by atoms with van der Waals surface area (Å²) in [6.45, 7) is -0.336. The van der Waals surface area contributed by atoms with E-state index in [9.17, 15) is 19.5 Å². The lowest BCUT2D eigenvalue weighted by atomic mass is 10.1. The number of rotatable bonds is 5. The number of aromatic nitrogens is 1. The SMILES string of the molecule is O=C(O)CNC(=O)c1cn(Cc2ccccc2O)c2ccccc2c1=O. The van der Waals surface area contributed by atoms with Gasteiger partial charge < -0.3 is 20.1 Å². The molecule has 7 heteroatoms. The van der Waals surface area contributed by atoms with Gasteiger partial charge in [-0.1, -0.05) is 30.3 Å². The number of benzene rings is 2. The van der Waals surface area contributed by atoms with Crippen LogP contribution in [0.15, 0.2) is 59.5 Å². The molecule has 0 aliphatic heterocycles. The molecule has 3 aromatic rings. The van der Waals surface area contributed by atoms with Gasteiger partial charge in [0.15, 0.2) is 0 Å². The molecule has 0 bridgehead atoms. The van der Waals surface area contributed by atoms with Gasteiger partial charge in [0.25, 0.3) is 5.91 Å². The van der Waals surface area contributed by atoms with Gasteiger partial charge >= 0.3 is 5.97 Å². The molecule has 3 rings (SSSR count). The van der Waals surface area contributed by atoms with E-state index in [1.165, 1.54) is 6.20 Å². The number of carboxylic acids is 1. The van der Waals surface area contributed by atoms with Crippen molar-refractivity contribution in [2.24, 2.45) is 0 Å². The predicted octanol–water partition coefficient (Wildman–Crippen LogP) is 1.57. The number of aliphatic carboxylic acids is 1. The summed E-state index contributed by atoms with van der Waals surface area (Å²) in [5, 5.41) is 21.3. The van der Waals surface area contributed by atoms with Crippen molar-refractivity contribution in [1.29, 1.82) is 0 Å². The molecule has 7 nitrogen and oxygen atoms in total. The van der Waals surface area contributed by atoms with E-state index in [0.29, 0.717) is 16.5 Å². The predicted molar refractivity (Wildman–Crippen MR) is 95.4 cm³/mol. The monoisotopic (exact) mass is 352 g/mol. The van der Waals surface area contributed by atoms with Crippen molar-refractivity contribution < 1.29 is 19.8 Å². The van der Waals surface area contributed by atoms with Crippen LogP contribution in [-0.4, -0.2) is 33.2 Å². The molecule has 0 saturated carbocycles. The number of amides is 1. The van der Waals surface area contributed by atoms with Gasteiger partial charge in [0.05, 0.1) is 12.1 Å². The second-order valence-corrected chi connectivity index (χ2v) is 5.72. The van der Waals surface area contributed by atoms with Crippen LogP contribution in [0.4, 0.5) is 0 Å². The van der Waals surface area contributed by atoms with Crippen LogP contribution in [0, 0.1) is 0 Å². The number of nitrogens with zero attached hydrogens (tertiary/aromatic N) is 1. The first kappa shape index (κ1) is 17.2. The molecule has 0 atom stereocenters. The number of phenols is 1. The molecule has 0 unspecified atom stereocenters. The fourth-order valence-electron chi connectivity index (χ4n) is 2.72. The first-order valence-corrected chi connectivity index (χ1v) is 7.86. The summed E-state index contributed by atoms with van der Waals surface area (Å²) in [5.74, 6) is -1.85. The van der Waals surface area contributed by atoms with Gasteiger partial charge in [0.1, 0.15) is 17.9 Å². The molecular weight excluding hydrogens is 336 g/mol. The highest BCUT2D eigenvalue weighted by Crippen LogP contribution is 2.20. The molecule has 3 N–H and O–H groups in total. The van der Waals surface area contributed by atoms with E-state index in [1.807, 2.05) is 0 Å². The minimum atomic E-state index is -1.20. The summed E-state index contributed by atoms with van der Waals surface area (Å²) in [4.78, 5) is 35.5. The molecule has 0 aliphatic rings. The number of hydrogen-bond donors (Lipinski definition) is 3. The van der Waals surface area contributed by atoms with Crippen molar-refractivity contribution in [1.82, 2.24) is 9.88 Å². The quantitative estimate of drug-likeness (QED) is 0.646. The fraction of sp³-hybridized carbons (Fsp3) is 0.105. The van der Waals surface area contributed by atoms with E-state index in [1.54, 1.807) is 53.1 Å². The molecule has 0 fully saturated rings. The zero-order valence-electron chi connectivity index (χ0n) is 13.7. The molecule has 132 valence electrons. The normalized spacial score (nSPS) is 10.6. The largest absolute Gasteiger partial charge is 0.508 e. The number of carbonyl (C=O) groups is 2. The number of aromatic hydroxyl groups is 1.